The number of nitrogens with one attached hydrogen (secondary N) is 2. The number of hydrogen-bond donors (Lipinski definition) is 2. The molecule has 6 nitrogen and oxygen atoms in total. The first-order chi connectivity index (χ1) is 13.7. The van der Waals surface area contributed by atoms with Crippen LogP contribution >= 0.6 is 0 Å². The molecule has 0 aromatic heterocycles. The van der Waals surface area contributed by atoms with Crippen molar-refractivity contribution >= 4 is 11.9 Å². The average Bonchev–Trinajstić information content (AvgIpc) is 2.73. The van der Waals surface area contributed by atoms with Crippen LogP contribution in [0.2, 0.25) is 0 Å². The molecule has 3 fully saturated rings. The quantitative estimate of drug-likeness (QED) is 0.836. The van der Waals surface area contributed by atoms with E-state index in [0.717, 1.165) is 64.6 Å². The first-order valence-corrected chi connectivity index (χ1v) is 10.8. The third kappa shape index (κ3) is 4.66. The normalized spacial score (nSPS) is 26.4. The maximum atomic E-state index is 12.9. The van der Waals surface area contributed by atoms with Gasteiger partial charge in [0.1, 0.15) is 6.54 Å². The van der Waals surface area contributed by atoms with Crippen LogP contribution in [-0.4, -0.2) is 66.0 Å². The molecule has 2 aliphatic heterocycles. The zero-order chi connectivity index (χ0) is 19.3. The van der Waals surface area contributed by atoms with Crippen molar-refractivity contribution in [2.75, 3.05) is 26.2 Å². The van der Waals surface area contributed by atoms with Gasteiger partial charge in [-0.1, -0.05) is 43.2 Å². The highest BCUT2D eigenvalue weighted by atomic mass is 16.2. The van der Waals surface area contributed by atoms with Gasteiger partial charge in [0.25, 0.3) is 0 Å². The molecule has 28 heavy (non-hydrogen) atoms. The zero-order valence-corrected chi connectivity index (χ0v) is 16.6. The number of hydrogen-bond acceptors (Lipinski definition) is 3. The van der Waals surface area contributed by atoms with Gasteiger partial charge in [-0.2, -0.15) is 0 Å². The number of nitrogens with zero attached hydrogens (tertiary/aromatic N) is 2. The molecule has 2 N–H and O–H groups in total. The Bertz CT molecular complexity index is 672. The summed E-state index contributed by atoms with van der Waals surface area (Å²) in [5, 5.41) is 6.29. The van der Waals surface area contributed by atoms with Gasteiger partial charge in [0.05, 0.1) is 6.04 Å². The van der Waals surface area contributed by atoms with Crippen molar-refractivity contribution in [3.8, 4) is 0 Å². The fraction of sp³-hybridized carbons (Fsp3) is 0.636. The Balaban J connectivity index is 1.24. The number of rotatable bonds is 4. The molecule has 152 valence electrons. The van der Waals surface area contributed by atoms with Crippen molar-refractivity contribution < 1.29 is 9.59 Å². The van der Waals surface area contributed by atoms with Crippen molar-refractivity contribution in [1.82, 2.24) is 20.4 Å². The van der Waals surface area contributed by atoms with E-state index in [2.05, 4.69) is 45.9 Å². The van der Waals surface area contributed by atoms with E-state index in [9.17, 15) is 9.59 Å². The molecule has 3 aliphatic rings. The van der Waals surface area contributed by atoms with E-state index < -0.39 is 0 Å². The average molecular weight is 385 g/mol. The minimum atomic E-state index is -0.0468. The van der Waals surface area contributed by atoms with E-state index in [1.165, 1.54) is 5.56 Å². The second-order valence-corrected chi connectivity index (χ2v) is 8.45. The van der Waals surface area contributed by atoms with Crippen LogP contribution in [0.25, 0.3) is 0 Å². The molecule has 0 radical (unpaired) electrons. The largest absolute Gasteiger partial charge is 0.350 e. The van der Waals surface area contributed by atoms with Gasteiger partial charge in [-0.05, 0) is 37.7 Å². The maximum Gasteiger partial charge on any atom is 0.318 e. The molecular formula is C22H32N4O2. The monoisotopic (exact) mass is 384 g/mol. The van der Waals surface area contributed by atoms with Gasteiger partial charge in [0, 0.05) is 31.7 Å². The molecule has 1 saturated carbocycles. The number of piperazine rings is 1. The second-order valence-electron chi connectivity index (χ2n) is 8.45. The Morgan fingerprint density at radius 2 is 1.82 bits per heavy atom. The highest BCUT2D eigenvalue weighted by Crippen LogP contribution is 2.26. The summed E-state index contributed by atoms with van der Waals surface area (Å²) in [5.74, 6) is -0.0194. The summed E-state index contributed by atoms with van der Waals surface area (Å²) in [5.41, 5.74) is 1.38. The number of urea groups is 1. The Morgan fingerprint density at radius 3 is 2.61 bits per heavy atom. The van der Waals surface area contributed by atoms with E-state index in [-0.39, 0.29) is 36.6 Å². The van der Waals surface area contributed by atoms with Gasteiger partial charge >= 0.3 is 6.03 Å². The highest BCUT2D eigenvalue weighted by Gasteiger charge is 2.39. The van der Waals surface area contributed by atoms with Gasteiger partial charge in [0.15, 0.2) is 0 Å². The maximum absolute atomic E-state index is 12.9. The summed E-state index contributed by atoms with van der Waals surface area (Å²) in [6.07, 6.45) is 7.29. The molecule has 6 heteroatoms. The Labute approximate surface area is 167 Å². The van der Waals surface area contributed by atoms with Crippen molar-refractivity contribution in [1.29, 1.82) is 0 Å². The SMILES string of the molecule is O=C1CN(C(=O)NC2CCN(CCc3ccccc3)CC2)C2CCCCC2N1. The van der Waals surface area contributed by atoms with Gasteiger partial charge in [-0.3, -0.25) is 4.79 Å². The molecule has 2 unspecified atom stereocenters. The highest BCUT2D eigenvalue weighted by molar-refractivity contribution is 5.86. The summed E-state index contributed by atoms with van der Waals surface area (Å²) >= 11 is 0. The predicted molar refractivity (Wildman–Crippen MR) is 109 cm³/mol. The molecule has 1 aromatic carbocycles. The van der Waals surface area contributed by atoms with Gasteiger partial charge in [-0.15, -0.1) is 0 Å². The molecule has 4 rings (SSSR count). The number of fused-ring (bicyclic) bond motifs is 1. The van der Waals surface area contributed by atoms with E-state index in [4.69, 9.17) is 0 Å². The Kier molecular flexibility index (Phi) is 6.15. The number of benzene rings is 1. The van der Waals surface area contributed by atoms with Crippen LogP contribution in [0.5, 0.6) is 0 Å². The van der Waals surface area contributed by atoms with Gasteiger partial charge in [-0.25, -0.2) is 4.79 Å². The summed E-state index contributed by atoms with van der Waals surface area (Å²) in [6, 6.07) is 11.1. The summed E-state index contributed by atoms with van der Waals surface area (Å²) in [6.45, 7) is 3.30. The Hall–Kier alpha value is -2.08. The number of amides is 3. The van der Waals surface area contributed by atoms with E-state index in [1.54, 1.807) is 4.90 Å². The van der Waals surface area contributed by atoms with Gasteiger partial charge in [0.2, 0.25) is 5.91 Å². The first-order valence-electron chi connectivity index (χ1n) is 10.8. The third-order valence-corrected chi connectivity index (χ3v) is 6.53. The van der Waals surface area contributed by atoms with Crippen LogP contribution in [0, 0.1) is 0 Å². The van der Waals surface area contributed by atoms with Crippen molar-refractivity contribution in [3.63, 3.8) is 0 Å². The molecule has 0 spiro atoms. The van der Waals surface area contributed by atoms with Crippen LogP contribution in [-0.2, 0) is 11.2 Å². The number of carbonyl (C=O) groups excluding carboxylic acids is 2. The minimum absolute atomic E-state index is 0.0194. The zero-order valence-electron chi connectivity index (χ0n) is 16.6. The lowest BCUT2D eigenvalue weighted by Gasteiger charge is -2.44. The standard InChI is InChI=1S/C22H32N4O2/c27-21-16-26(20-9-5-4-8-19(20)24-21)22(28)23-18-11-14-25(15-12-18)13-10-17-6-2-1-3-7-17/h1-3,6-7,18-20H,4-5,8-16H2,(H,23,28)(H,24,27). The fourth-order valence-electron chi connectivity index (χ4n) is 4.89. The topological polar surface area (TPSA) is 64.7 Å². The molecule has 2 heterocycles. The number of piperidine rings is 1. The van der Waals surface area contributed by atoms with E-state index in [1.807, 2.05) is 0 Å². The minimum Gasteiger partial charge on any atom is -0.350 e. The van der Waals surface area contributed by atoms with Crippen LogP contribution in [0.1, 0.15) is 44.1 Å². The van der Waals surface area contributed by atoms with Crippen LogP contribution < -0.4 is 10.6 Å². The summed E-state index contributed by atoms with van der Waals surface area (Å²) < 4.78 is 0. The number of likely N-dealkylation sites (tertiary alicyclic amines) is 1. The van der Waals surface area contributed by atoms with Gasteiger partial charge < -0.3 is 20.4 Å². The van der Waals surface area contributed by atoms with Crippen molar-refractivity contribution in [2.45, 2.75) is 63.1 Å². The van der Waals surface area contributed by atoms with Crippen LogP contribution in [0.15, 0.2) is 30.3 Å². The smallest absolute Gasteiger partial charge is 0.318 e. The lowest BCUT2D eigenvalue weighted by molar-refractivity contribution is -0.126. The van der Waals surface area contributed by atoms with E-state index in [0.29, 0.717) is 0 Å². The van der Waals surface area contributed by atoms with Crippen LogP contribution in [0.4, 0.5) is 4.79 Å². The lowest BCUT2D eigenvalue weighted by Crippen LogP contribution is -2.65. The predicted octanol–water partition coefficient (Wildman–Crippen LogP) is 2.15. The van der Waals surface area contributed by atoms with Crippen molar-refractivity contribution in [2.24, 2.45) is 0 Å². The molecule has 3 amide bonds. The molecule has 1 aromatic rings. The van der Waals surface area contributed by atoms with Crippen LogP contribution in [0.3, 0.4) is 0 Å². The second kappa shape index (κ2) is 8.95. The molecule has 1 aliphatic carbocycles. The molecular weight excluding hydrogens is 352 g/mol. The molecule has 2 atom stereocenters. The summed E-state index contributed by atoms with van der Waals surface area (Å²) in [4.78, 5) is 29.2. The fourth-order valence-corrected chi connectivity index (χ4v) is 4.89. The molecule has 2 saturated heterocycles. The summed E-state index contributed by atoms with van der Waals surface area (Å²) in [7, 11) is 0. The van der Waals surface area contributed by atoms with Crippen molar-refractivity contribution in [3.05, 3.63) is 35.9 Å². The third-order valence-electron chi connectivity index (χ3n) is 6.53. The Morgan fingerprint density at radius 1 is 1.07 bits per heavy atom. The van der Waals surface area contributed by atoms with E-state index >= 15 is 0 Å². The first kappa shape index (κ1) is 19.2. The number of carbonyl (C=O) groups is 2. The molecule has 0 bridgehead atoms. The lowest BCUT2D eigenvalue weighted by atomic mass is 9.87.